The van der Waals surface area contributed by atoms with E-state index < -0.39 is 22.6 Å². The second kappa shape index (κ2) is 10.9. The number of rotatable bonds is 10. The van der Waals surface area contributed by atoms with E-state index in [1.54, 1.807) is 19.9 Å². The molecular weight excluding hydrogens is 418 g/mol. The number of nitrogens with one attached hydrogen (secondary N) is 1. The molecule has 0 bridgehead atoms. The van der Waals surface area contributed by atoms with Crippen LogP contribution in [-0.4, -0.2) is 63.4 Å². The summed E-state index contributed by atoms with van der Waals surface area (Å²) < 4.78 is 32.5. The second-order valence-electron chi connectivity index (χ2n) is 8.14. The van der Waals surface area contributed by atoms with Crippen LogP contribution in [-0.2, 0) is 19.6 Å². The van der Waals surface area contributed by atoms with Crippen LogP contribution in [0.5, 0.6) is 0 Å². The zero-order valence-corrected chi connectivity index (χ0v) is 20.0. The molecule has 1 atom stereocenters. The Labute approximate surface area is 186 Å². The lowest BCUT2D eigenvalue weighted by molar-refractivity contribution is -0.125. The van der Waals surface area contributed by atoms with Crippen molar-refractivity contribution in [2.45, 2.75) is 58.4 Å². The largest absolute Gasteiger partial charge is 0.452 e. The predicted octanol–water partition coefficient (Wildman–Crippen LogP) is 2.63. The summed E-state index contributed by atoms with van der Waals surface area (Å²) in [4.78, 5) is 27.1. The van der Waals surface area contributed by atoms with Crippen LogP contribution in [0.1, 0.15) is 57.8 Å². The van der Waals surface area contributed by atoms with Gasteiger partial charge in [0.25, 0.3) is 5.91 Å². The topological polar surface area (TPSA) is 96.0 Å². The molecule has 1 amide bonds. The molecule has 1 saturated heterocycles. The van der Waals surface area contributed by atoms with E-state index in [0.29, 0.717) is 18.8 Å². The highest BCUT2D eigenvalue weighted by Gasteiger charge is 2.27. The van der Waals surface area contributed by atoms with Gasteiger partial charge in [-0.15, -0.1) is 0 Å². The number of benzene rings is 1. The van der Waals surface area contributed by atoms with E-state index in [0.717, 1.165) is 25.9 Å². The fraction of sp³-hybridized carbons (Fsp3) is 0.636. The zero-order chi connectivity index (χ0) is 23.2. The van der Waals surface area contributed by atoms with Gasteiger partial charge in [0.1, 0.15) is 0 Å². The maximum absolute atomic E-state index is 12.9. The van der Waals surface area contributed by atoms with Crippen molar-refractivity contribution in [1.82, 2.24) is 9.62 Å². The first-order valence-electron chi connectivity index (χ1n) is 11.0. The minimum atomic E-state index is -3.73. The number of carbonyl (C=O) groups is 2. The highest BCUT2D eigenvalue weighted by atomic mass is 32.2. The quantitative estimate of drug-likeness (QED) is 0.547. The third-order valence-corrected chi connectivity index (χ3v) is 7.75. The van der Waals surface area contributed by atoms with Gasteiger partial charge in [-0.25, -0.2) is 13.2 Å². The van der Waals surface area contributed by atoms with Crippen LogP contribution in [0.15, 0.2) is 23.1 Å². The van der Waals surface area contributed by atoms with Gasteiger partial charge in [-0.05, 0) is 43.9 Å². The summed E-state index contributed by atoms with van der Waals surface area (Å²) in [6.45, 7) is 11.2. The van der Waals surface area contributed by atoms with Crippen molar-refractivity contribution < 1.29 is 22.7 Å². The monoisotopic (exact) mass is 453 g/mol. The molecule has 1 fully saturated rings. The van der Waals surface area contributed by atoms with Gasteiger partial charge in [-0.2, -0.15) is 4.31 Å². The fourth-order valence-electron chi connectivity index (χ4n) is 3.46. The van der Waals surface area contributed by atoms with Crippen LogP contribution >= 0.6 is 0 Å². The van der Waals surface area contributed by atoms with Crippen LogP contribution < -0.4 is 10.2 Å². The number of nitrogens with zero attached hydrogens (tertiary/aromatic N) is 2. The second-order valence-corrected chi connectivity index (χ2v) is 10.1. The van der Waals surface area contributed by atoms with Gasteiger partial charge in [0.15, 0.2) is 6.61 Å². The number of hydrogen-bond acceptors (Lipinski definition) is 6. The van der Waals surface area contributed by atoms with Crippen LogP contribution in [0, 0.1) is 5.92 Å². The van der Waals surface area contributed by atoms with Crippen LogP contribution in [0.3, 0.4) is 0 Å². The molecule has 0 radical (unpaired) electrons. The molecule has 1 aliphatic rings. The van der Waals surface area contributed by atoms with Gasteiger partial charge in [-0.1, -0.05) is 27.7 Å². The Hall–Kier alpha value is -2.13. The molecule has 1 unspecified atom stereocenters. The third-order valence-electron chi connectivity index (χ3n) is 5.70. The molecule has 1 N–H and O–H groups in total. The Balaban J connectivity index is 2.29. The molecule has 1 aliphatic heterocycles. The van der Waals surface area contributed by atoms with Crippen LogP contribution in [0.2, 0.25) is 0 Å². The van der Waals surface area contributed by atoms with Crippen molar-refractivity contribution in [3.63, 3.8) is 0 Å². The van der Waals surface area contributed by atoms with E-state index in [4.69, 9.17) is 4.74 Å². The number of hydrogen-bond donors (Lipinski definition) is 1. The van der Waals surface area contributed by atoms with Gasteiger partial charge < -0.3 is 15.0 Å². The smallest absolute Gasteiger partial charge is 0.340 e. The molecule has 0 spiro atoms. The van der Waals surface area contributed by atoms with E-state index >= 15 is 0 Å². The van der Waals surface area contributed by atoms with Crippen molar-refractivity contribution in [3.8, 4) is 0 Å². The van der Waals surface area contributed by atoms with Crippen molar-refractivity contribution >= 4 is 27.6 Å². The average molecular weight is 454 g/mol. The fourth-order valence-corrected chi connectivity index (χ4v) is 4.94. The lowest BCUT2D eigenvalue weighted by Crippen LogP contribution is -2.38. The highest BCUT2D eigenvalue weighted by Crippen LogP contribution is 2.29. The third kappa shape index (κ3) is 6.20. The molecule has 1 heterocycles. The minimum Gasteiger partial charge on any atom is -0.452 e. The number of sulfonamides is 1. The summed E-state index contributed by atoms with van der Waals surface area (Å²) in [5, 5.41) is 2.79. The average Bonchev–Trinajstić information content (AvgIpc) is 3.26. The van der Waals surface area contributed by atoms with Crippen LogP contribution in [0.4, 0.5) is 5.69 Å². The Kier molecular flexibility index (Phi) is 8.88. The lowest BCUT2D eigenvalue weighted by Gasteiger charge is -2.23. The first-order chi connectivity index (χ1) is 14.6. The van der Waals surface area contributed by atoms with Crippen molar-refractivity contribution in [1.29, 1.82) is 0 Å². The van der Waals surface area contributed by atoms with Gasteiger partial charge in [-0.3, -0.25) is 4.79 Å². The number of anilines is 1. The van der Waals surface area contributed by atoms with Crippen molar-refractivity contribution in [3.05, 3.63) is 23.8 Å². The minimum absolute atomic E-state index is 0.0454. The maximum atomic E-state index is 12.9. The molecule has 0 saturated carbocycles. The molecule has 31 heavy (non-hydrogen) atoms. The van der Waals surface area contributed by atoms with Gasteiger partial charge >= 0.3 is 5.97 Å². The standard InChI is InChI=1S/C22H35N3O5S/c1-6-25(7-2)31(28,29)18-10-11-20(24-12-8-9-13-24)19(14-18)22(27)30-15-21(26)23-17(5)16(3)4/h10-11,14,16-17H,6-9,12-13,15H2,1-5H3,(H,23,26). The summed E-state index contributed by atoms with van der Waals surface area (Å²) in [5.74, 6) is -0.835. The van der Waals surface area contributed by atoms with Gasteiger partial charge in [0.2, 0.25) is 10.0 Å². The summed E-state index contributed by atoms with van der Waals surface area (Å²) >= 11 is 0. The number of amides is 1. The van der Waals surface area contributed by atoms with E-state index in [1.807, 2.05) is 25.7 Å². The highest BCUT2D eigenvalue weighted by molar-refractivity contribution is 7.89. The van der Waals surface area contributed by atoms with Gasteiger partial charge in [0.05, 0.1) is 16.1 Å². The van der Waals surface area contributed by atoms with Crippen LogP contribution in [0.25, 0.3) is 0 Å². The van der Waals surface area contributed by atoms with E-state index in [2.05, 4.69) is 5.32 Å². The molecule has 0 aromatic heterocycles. The molecule has 9 heteroatoms. The van der Waals surface area contributed by atoms with Crippen molar-refractivity contribution in [2.24, 2.45) is 5.92 Å². The summed E-state index contributed by atoms with van der Waals surface area (Å²) in [6.07, 6.45) is 2.01. The molecule has 1 aromatic carbocycles. The van der Waals surface area contributed by atoms with E-state index in [9.17, 15) is 18.0 Å². The summed E-state index contributed by atoms with van der Waals surface area (Å²) in [7, 11) is -3.73. The molecule has 174 valence electrons. The first-order valence-corrected chi connectivity index (χ1v) is 12.4. The number of ether oxygens (including phenoxy) is 1. The summed E-state index contributed by atoms with van der Waals surface area (Å²) in [5.41, 5.74) is 0.803. The van der Waals surface area contributed by atoms with Crippen molar-refractivity contribution in [2.75, 3.05) is 37.7 Å². The van der Waals surface area contributed by atoms with E-state index in [-0.39, 0.29) is 28.3 Å². The number of esters is 1. The zero-order valence-electron chi connectivity index (χ0n) is 19.2. The normalized spacial score (nSPS) is 15.4. The Morgan fingerprint density at radius 1 is 1.13 bits per heavy atom. The lowest BCUT2D eigenvalue weighted by atomic mass is 10.1. The Bertz CT molecular complexity index is 875. The first kappa shape index (κ1) is 25.1. The Morgan fingerprint density at radius 2 is 1.74 bits per heavy atom. The maximum Gasteiger partial charge on any atom is 0.340 e. The number of carbonyl (C=O) groups excluding carboxylic acids is 2. The molecule has 0 aliphatic carbocycles. The predicted molar refractivity (Wildman–Crippen MR) is 121 cm³/mol. The Morgan fingerprint density at radius 3 is 2.29 bits per heavy atom. The molecule has 2 rings (SSSR count). The summed E-state index contributed by atoms with van der Waals surface area (Å²) in [6, 6.07) is 4.53. The molecule has 8 nitrogen and oxygen atoms in total. The molecule has 1 aromatic rings. The molecular formula is C22H35N3O5S. The SMILES string of the molecule is CCN(CC)S(=O)(=O)c1ccc(N2CCCC2)c(C(=O)OCC(=O)NC(C)C(C)C)c1. The van der Waals surface area contributed by atoms with E-state index in [1.165, 1.54) is 16.4 Å². The van der Waals surface area contributed by atoms with Gasteiger partial charge in [0, 0.05) is 32.2 Å².